The van der Waals surface area contributed by atoms with Crippen molar-refractivity contribution in [1.29, 1.82) is 0 Å². The first-order valence-corrected chi connectivity index (χ1v) is 9.65. The number of carbonyl (C=O) groups is 1. The zero-order valence-corrected chi connectivity index (χ0v) is 16.3. The number of benzene rings is 2. The van der Waals surface area contributed by atoms with E-state index < -0.39 is 0 Å². The molecule has 0 radical (unpaired) electrons. The van der Waals surface area contributed by atoms with Crippen LogP contribution in [0, 0.1) is 6.92 Å². The summed E-state index contributed by atoms with van der Waals surface area (Å²) in [6.07, 6.45) is 4.11. The van der Waals surface area contributed by atoms with E-state index in [0.717, 1.165) is 28.2 Å². The quantitative estimate of drug-likeness (QED) is 0.527. The molecule has 4 aromatic rings. The first-order valence-electron chi connectivity index (χ1n) is 9.65. The van der Waals surface area contributed by atoms with Gasteiger partial charge in [-0.2, -0.15) is 10.2 Å². The van der Waals surface area contributed by atoms with Crippen molar-refractivity contribution >= 4 is 5.91 Å². The Morgan fingerprint density at radius 1 is 1.00 bits per heavy atom. The van der Waals surface area contributed by atoms with Crippen molar-refractivity contribution in [3.63, 3.8) is 0 Å². The summed E-state index contributed by atoms with van der Waals surface area (Å²) in [5, 5.41) is 12.0. The molecule has 0 bridgehead atoms. The van der Waals surface area contributed by atoms with Gasteiger partial charge in [-0.3, -0.25) is 9.48 Å². The lowest BCUT2D eigenvalue weighted by molar-refractivity contribution is -0.121. The normalized spacial score (nSPS) is 10.8. The molecule has 0 fully saturated rings. The molecule has 0 atom stereocenters. The average molecular weight is 385 g/mol. The van der Waals surface area contributed by atoms with Crippen LogP contribution in [0.15, 0.2) is 79.1 Å². The minimum atomic E-state index is -0.00799. The van der Waals surface area contributed by atoms with Gasteiger partial charge in [-0.1, -0.05) is 48.5 Å². The van der Waals surface area contributed by atoms with Crippen molar-refractivity contribution in [2.45, 2.75) is 26.4 Å². The van der Waals surface area contributed by atoms with Crippen molar-refractivity contribution in [2.75, 3.05) is 0 Å². The molecule has 0 aliphatic heterocycles. The van der Waals surface area contributed by atoms with Crippen LogP contribution in [-0.2, 0) is 17.9 Å². The Kier molecular flexibility index (Phi) is 5.52. The zero-order chi connectivity index (χ0) is 20.1. The molecule has 1 N–H and O–H groups in total. The molecule has 4 rings (SSSR count). The maximum Gasteiger partial charge on any atom is 0.222 e. The van der Waals surface area contributed by atoms with Gasteiger partial charge < -0.3 is 5.32 Å². The van der Waals surface area contributed by atoms with E-state index >= 15 is 0 Å². The van der Waals surface area contributed by atoms with Crippen molar-refractivity contribution in [1.82, 2.24) is 24.9 Å². The third-order valence-corrected chi connectivity index (χ3v) is 4.81. The molecule has 0 aliphatic rings. The van der Waals surface area contributed by atoms with Crippen LogP contribution >= 0.6 is 0 Å². The Bertz CT molecular complexity index is 1080. The Morgan fingerprint density at radius 3 is 2.41 bits per heavy atom. The van der Waals surface area contributed by atoms with E-state index in [0.29, 0.717) is 19.5 Å². The molecule has 146 valence electrons. The van der Waals surface area contributed by atoms with E-state index in [1.165, 1.54) is 0 Å². The molecule has 2 aromatic carbocycles. The summed E-state index contributed by atoms with van der Waals surface area (Å²) < 4.78 is 3.69. The van der Waals surface area contributed by atoms with Gasteiger partial charge in [0.25, 0.3) is 0 Å². The molecular formula is C23H23N5O. The summed E-state index contributed by atoms with van der Waals surface area (Å²) in [4.78, 5) is 12.4. The molecule has 0 aliphatic carbocycles. The fourth-order valence-corrected chi connectivity index (χ4v) is 3.21. The molecule has 6 heteroatoms. The molecule has 29 heavy (non-hydrogen) atoms. The number of nitrogens with zero attached hydrogens (tertiary/aromatic N) is 4. The summed E-state index contributed by atoms with van der Waals surface area (Å²) in [5.74, 6) is -0.00799. The minimum Gasteiger partial charge on any atom is -0.352 e. The van der Waals surface area contributed by atoms with E-state index in [9.17, 15) is 4.79 Å². The number of amides is 1. The molecule has 0 unspecified atom stereocenters. The van der Waals surface area contributed by atoms with Crippen molar-refractivity contribution in [3.05, 3.63) is 90.4 Å². The molecule has 0 saturated carbocycles. The first-order chi connectivity index (χ1) is 14.2. The van der Waals surface area contributed by atoms with E-state index in [4.69, 9.17) is 5.10 Å². The fourth-order valence-electron chi connectivity index (χ4n) is 3.21. The summed E-state index contributed by atoms with van der Waals surface area (Å²) in [5.41, 5.74) is 4.91. The van der Waals surface area contributed by atoms with Gasteiger partial charge in [-0.25, -0.2) is 4.68 Å². The molecular weight excluding hydrogens is 362 g/mol. The van der Waals surface area contributed by atoms with Gasteiger partial charge in [0.05, 0.1) is 11.4 Å². The smallest absolute Gasteiger partial charge is 0.222 e. The summed E-state index contributed by atoms with van der Waals surface area (Å²) in [6, 6.07) is 21.9. The molecule has 6 nitrogen and oxygen atoms in total. The van der Waals surface area contributed by atoms with Crippen LogP contribution in [0.25, 0.3) is 16.9 Å². The first kappa shape index (κ1) is 18.7. The van der Waals surface area contributed by atoms with Crippen LogP contribution in [0.1, 0.15) is 17.7 Å². The molecule has 2 aromatic heterocycles. The fraction of sp³-hybridized carbons (Fsp3) is 0.174. The third kappa shape index (κ3) is 4.43. The number of carbonyl (C=O) groups excluding carboxylic acids is 1. The van der Waals surface area contributed by atoms with Gasteiger partial charge in [-0.05, 0) is 25.1 Å². The van der Waals surface area contributed by atoms with Gasteiger partial charge in [0.2, 0.25) is 5.91 Å². The topological polar surface area (TPSA) is 64.7 Å². The Hall–Kier alpha value is -3.67. The van der Waals surface area contributed by atoms with Crippen LogP contribution < -0.4 is 5.32 Å². The van der Waals surface area contributed by atoms with E-state index in [1.807, 2.05) is 89.2 Å². The summed E-state index contributed by atoms with van der Waals surface area (Å²) in [6.45, 7) is 2.97. The van der Waals surface area contributed by atoms with Crippen molar-refractivity contribution in [3.8, 4) is 16.9 Å². The lowest BCUT2D eigenvalue weighted by Crippen LogP contribution is -2.24. The van der Waals surface area contributed by atoms with Crippen molar-refractivity contribution < 1.29 is 4.79 Å². The maximum atomic E-state index is 12.4. The van der Waals surface area contributed by atoms with Gasteiger partial charge in [0.1, 0.15) is 0 Å². The second-order valence-electron chi connectivity index (χ2n) is 6.87. The van der Waals surface area contributed by atoms with E-state index in [-0.39, 0.29) is 5.91 Å². The molecule has 0 saturated heterocycles. The highest BCUT2D eigenvalue weighted by Crippen LogP contribution is 2.23. The highest BCUT2D eigenvalue weighted by molar-refractivity contribution is 5.76. The number of hydrogen-bond acceptors (Lipinski definition) is 3. The zero-order valence-electron chi connectivity index (χ0n) is 16.3. The second kappa shape index (κ2) is 8.56. The van der Waals surface area contributed by atoms with Crippen LogP contribution in [0.5, 0.6) is 0 Å². The lowest BCUT2D eigenvalue weighted by atomic mass is 10.1. The second-order valence-corrected chi connectivity index (χ2v) is 6.87. The van der Waals surface area contributed by atoms with Crippen LogP contribution in [-0.4, -0.2) is 25.5 Å². The minimum absolute atomic E-state index is 0.00799. The highest BCUT2D eigenvalue weighted by Gasteiger charge is 2.13. The largest absolute Gasteiger partial charge is 0.352 e. The van der Waals surface area contributed by atoms with Gasteiger partial charge in [-0.15, -0.1) is 0 Å². The van der Waals surface area contributed by atoms with E-state index in [1.54, 1.807) is 6.20 Å². The Balaban J connectivity index is 1.50. The van der Waals surface area contributed by atoms with E-state index in [2.05, 4.69) is 10.4 Å². The number of nitrogens with one attached hydrogen (secondary N) is 1. The van der Waals surface area contributed by atoms with Crippen molar-refractivity contribution in [2.24, 2.45) is 0 Å². The molecule has 0 spiro atoms. The number of aryl methyl sites for hydroxylation is 2. The number of aromatic nitrogens is 4. The predicted octanol–water partition coefficient (Wildman–Crippen LogP) is 3.75. The lowest BCUT2D eigenvalue weighted by Gasteiger charge is -2.07. The summed E-state index contributed by atoms with van der Waals surface area (Å²) >= 11 is 0. The van der Waals surface area contributed by atoms with Crippen LogP contribution in [0.2, 0.25) is 0 Å². The predicted molar refractivity (Wildman–Crippen MR) is 112 cm³/mol. The monoisotopic (exact) mass is 385 g/mol. The third-order valence-electron chi connectivity index (χ3n) is 4.81. The summed E-state index contributed by atoms with van der Waals surface area (Å²) in [7, 11) is 0. The highest BCUT2D eigenvalue weighted by atomic mass is 16.1. The number of para-hydroxylation sites is 1. The number of hydrogen-bond donors (Lipinski definition) is 1. The van der Waals surface area contributed by atoms with Crippen LogP contribution in [0.4, 0.5) is 0 Å². The van der Waals surface area contributed by atoms with Gasteiger partial charge >= 0.3 is 0 Å². The average Bonchev–Trinajstić information content (AvgIpc) is 3.38. The Morgan fingerprint density at radius 2 is 1.72 bits per heavy atom. The molecule has 2 heterocycles. The maximum absolute atomic E-state index is 12.4. The molecule has 1 amide bonds. The van der Waals surface area contributed by atoms with Gasteiger partial charge in [0.15, 0.2) is 0 Å². The number of rotatable bonds is 7. The van der Waals surface area contributed by atoms with Gasteiger partial charge in [0, 0.05) is 48.7 Å². The van der Waals surface area contributed by atoms with Crippen LogP contribution in [0.3, 0.4) is 0 Å². The SMILES string of the molecule is Cc1ccnn1CCC(=O)NCc1cn(-c2ccccc2)nc1-c1ccccc1. The standard InChI is InChI=1S/C23H23N5O/c1-18-12-14-25-27(18)15-13-22(29)24-16-20-17-28(21-10-6-3-7-11-21)26-23(20)19-8-4-2-5-9-19/h2-12,14,17H,13,15-16H2,1H3,(H,24,29). The Labute approximate surface area is 169 Å².